The average Bonchev–Trinajstić information content (AvgIpc) is 3.20. The first-order valence-corrected chi connectivity index (χ1v) is 8.53. The minimum absolute atomic E-state index is 0.120. The summed E-state index contributed by atoms with van der Waals surface area (Å²) in [6.45, 7) is 4.13. The first kappa shape index (κ1) is 15.6. The van der Waals surface area contributed by atoms with Crippen molar-refractivity contribution in [3.8, 4) is 0 Å². The molecule has 0 spiro atoms. The number of nitrogens with one attached hydrogen (secondary N) is 3. The minimum atomic E-state index is -0.199. The number of hydrogen-bond donors (Lipinski definition) is 3. The number of amides is 2. The van der Waals surface area contributed by atoms with Crippen molar-refractivity contribution in [1.82, 2.24) is 30.1 Å². The van der Waals surface area contributed by atoms with Crippen LogP contribution >= 0.6 is 0 Å². The summed E-state index contributed by atoms with van der Waals surface area (Å²) in [6.07, 6.45) is 6.32. The molecule has 8 heteroatoms. The number of carbonyl (C=O) groups is 1. The normalized spacial score (nSPS) is 16.8. The molecule has 130 valence electrons. The van der Waals surface area contributed by atoms with Gasteiger partial charge in [0.2, 0.25) is 0 Å². The summed E-state index contributed by atoms with van der Waals surface area (Å²) in [7, 11) is 0. The summed E-state index contributed by atoms with van der Waals surface area (Å²) in [5.74, 6) is 1.13. The number of aryl methyl sites for hydroxylation is 1. The molecule has 3 N–H and O–H groups in total. The maximum atomic E-state index is 12.3. The molecule has 4 rings (SSSR count). The number of fused-ring (bicyclic) bond motifs is 2. The standard InChI is InChI=1S/C17H21N7O/c1-10(2)16-23-22-15-6-4-13(9-24(15)16)20-17(25)19-12-3-5-14-11(7-12)8-18-21-14/h4,6,8-10,12H,3,5,7H2,1-2H3,(H,18,21)(H2,19,20,25)/t12-/m0/s1. The molecule has 25 heavy (non-hydrogen) atoms. The molecular formula is C17H21N7O. The number of carbonyl (C=O) groups excluding carboxylic acids is 1. The molecule has 0 aliphatic heterocycles. The van der Waals surface area contributed by atoms with Crippen LogP contribution < -0.4 is 10.6 Å². The van der Waals surface area contributed by atoms with Crippen molar-refractivity contribution in [2.75, 3.05) is 5.32 Å². The zero-order valence-electron chi connectivity index (χ0n) is 14.3. The lowest BCUT2D eigenvalue weighted by Gasteiger charge is -2.23. The highest BCUT2D eigenvalue weighted by molar-refractivity contribution is 5.89. The largest absolute Gasteiger partial charge is 0.335 e. The third-order valence-electron chi connectivity index (χ3n) is 4.55. The molecule has 0 saturated heterocycles. The summed E-state index contributed by atoms with van der Waals surface area (Å²) in [4.78, 5) is 12.3. The van der Waals surface area contributed by atoms with Crippen LogP contribution in [0.3, 0.4) is 0 Å². The van der Waals surface area contributed by atoms with E-state index in [9.17, 15) is 4.79 Å². The Morgan fingerprint density at radius 2 is 2.24 bits per heavy atom. The molecule has 1 atom stereocenters. The van der Waals surface area contributed by atoms with Gasteiger partial charge in [0, 0.05) is 23.9 Å². The second-order valence-corrected chi connectivity index (χ2v) is 6.77. The second-order valence-electron chi connectivity index (χ2n) is 6.77. The van der Waals surface area contributed by atoms with Crippen molar-refractivity contribution in [1.29, 1.82) is 0 Å². The molecule has 0 bridgehead atoms. The fourth-order valence-corrected chi connectivity index (χ4v) is 3.27. The number of aromatic amines is 1. The second kappa shape index (κ2) is 6.19. The van der Waals surface area contributed by atoms with E-state index in [2.05, 4.69) is 44.9 Å². The van der Waals surface area contributed by atoms with Crippen LogP contribution in [0.2, 0.25) is 0 Å². The zero-order chi connectivity index (χ0) is 17.4. The Morgan fingerprint density at radius 1 is 1.36 bits per heavy atom. The quantitative estimate of drug-likeness (QED) is 0.681. The maximum absolute atomic E-state index is 12.3. The molecule has 8 nitrogen and oxygen atoms in total. The molecule has 0 unspecified atom stereocenters. The van der Waals surface area contributed by atoms with Crippen LogP contribution in [-0.4, -0.2) is 36.9 Å². The summed E-state index contributed by atoms with van der Waals surface area (Å²) in [5, 5.41) is 21.4. The van der Waals surface area contributed by atoms with Gasteiger partial charge in [0.15, 0.2) is 5.65 Å². The monoisotopic (exact) mass is 339 g/mol. The highest BCUT2D eigenvalue weighted by Gasteiger charge is 2.21. The lowest BCUT2D eigenvalue weighted by atomic mass is 9.94. The van der Waals surface area contributed by atoms with Crippen LogP contribution in [0.4, 0.5) is 10.5 Å². The molecule has 3 aromatic rings. The molecule has 2 amide bonds. The van der Waals surface area contributed by atoms with E-state index in [1.165, 1.54) is 11.3 Å². The van der Waals surface area contributed by atoms with E-state index in [4.69, 9.17) is 0 Å². The SMILES string of the molecule is CC(C)c1nnc2ccc(NC(=O)N[C@H]3CCc4[nH]ncc4C3)cn12. The predicted octanol–water partition coefficient (Wildman–Crippen LogP) is 2.25. The molecule has 0 fully saturated rings. The zero-order valence-corrected chi connectivity index (χ0v) is 14.3. The van der Waals surface area contributed by atoms with E-state index in [0.717, 1.165) is 30.7 Å². The number of aromatic nitrogens is 5. The third kappa shape index (κ3) is 3.07. The van der Waals surface area contributed by atoms with Gasteiger partial charge in [0.1, 0.15) is 5.82 Å². The Bertz CT molecular complexity index is 911. The molecule has 1 aliphatic rings. The van der Waals surface area contributed by atoms with Gasteiger partial charge in [-0.2, -0.15) is 5.10 Å². The first-order valence-electron chi connectivity index (χ1n) is 8.53. The maximum Gasteiger partial charge on any atom is 0.319 e. The summed E-state index contributed by atoms with van der Waals surface area (Å²) >= 11 is 0. The molecule has 3 aromatic heterocycles. The number of pyridine rings is 1. The third-order valence-corrected chi connectivity index (χ3v) is 4.55. The van der Waals surface area contributed by atoms with E-state index < -0.39 is 0 Å². The van der Waals surface area contributed by atoms with E-state index >= 15 is 0 Å². The van der Waals surface area contributed by atoms with Gasteiger partial charge in [-0.05, 0) is 37.0 Å². The van der Waals surface area contributed by atoms with Gasteiger partial charge >= 0.3 is 6.03 Å². The van der Waals surface area contributed by atoms with Crippen molar-refractivity contribution in [3.63, 3.8) is 0 Å². The number of hydrogen-bond acceptors (Lipinski definition) is 4. The molecule has 0 radical (unpaired) electrons. The van der Waals surface area contributed by atoms with Crippen LogP contribution in [0.25, 0.3) is 5.65 Å². The predicted molar refractivity (Wildman–Crippen MR) is 93.6 cm³/mol. The smallest absolute Gasteiger partial charge is 0.319 e. The van der Waals surface area contributed by atoms with Crippen LogP contribution in [0.1, 0.15) is 43.3 Å². The molecule has 0 saturated carbocycles. The first-order chi connectivity index (χ1) is 12.1. The van der Waals surface area contributed by atoms with E-state index in [0.29, 0.717) is 5.69 Å². The Kier molecular flexibility index (Phi) is 3.87. The van der Waals surface area contributed by atoms with E-state index in [1.807, 2.05) is 28.9 Å². The highest BCUT2D eigenvalue weighted by Crippen LogP contribution is 2.19. The molecule has 1 aliphatic carbocycles. The van der Waals surface area contributed by atoms with Crippen LogP contribution in [0.15, 0.2) is 24.5 Å². The highest BCUT2D eigenvalue weighted by atomic mass is 16.2. The van der Waals surface area contributed by atoms with Gasteiger partial charge in [-0.3, -0.25) is 9.50 Å². The lowest BCUT2D eigenvalue weighted by molar-refractivity contribution is 0.247. The van der Waals surface area contributed by atoms with Gasteiger partial charge in [-0.25, -0.2) is 4.79 Å². The van der Waals surface area contributed by atoms with E-state index in [-0.39, 0.29) is 18.0 Å². The number of rotatable bonds is 3. The number of urea groups is 1. The Labute approximate surface area is 145 Å². The fraction of sp³-hybridized carbons (Fsp3) is 0.412. The molecular weight excluding hydrogens is 318 g/mol. The van der Waals surface area contributed by atoms with Crippen molar-refractivity contribution in [2.45, 2.75) is 45.1 Å². The van der Waals surface area contributed by atoms with Gasteiger partial charge in [0.25, 0.3) is 0 Å². The summed E-state index contributed by atoms with van der Waals surface area (Å²) < 4.78 is 1.92. The Hall–Kier alpha value is -2.90. The van der Waals surface area contributed by atoms with Crippen molar-refractivity contribution in [3.05, 3.63) is 41.6 Å². The van der Waals surface area contributed by atoms with Crippen LogP contribution in [0.5, 0.6) is 0 Å². The van der Waals surface area contributed by atoms with Crippen molar-refractivity contribution in [2.24, 2.45) is 0 Å². The topological polar surface area (TPSA) is 100 Å². The Balaban J connectivity index is 1.44. The van der Waals surface area contributed by atoms with Crippen molar-refractivity contribution < 1.29 is 4.79 Å². The number of nitrogens with zero attached hydrogens (tertiary/aromatic N) is 4. The fourth-order valence-electron chi connectivity index (χ4n) is 3.27. The molecule has 0 aromatic carbocycles. The average molecular weight is 339 g/mol. The van der Waals surface area contributed by atoms with Crippen LogP contribution in [-0.2, 0) is 12.8 Å². The number of H-pyrrole nitrogens is 1. The van der Waals surface area contributed by atoms with Gasteiger partial charge < -0.3 is 10.6 Å². The Morgan fingerprint density at radius 3 is 3.08 bits per heavy atom. The minimum Gasteiger partial charge on any atom is -0.335 e. The summed E-state index contributed by atoms with van der Waals surface area (Å²) in [6, 6.07) is 3.61. The van der Waals surface area contributed by atoms with Gasteiger partial charge in [0.05, 0.1) is 11.9 Å². The van der Waals surface area contributed by atoms with E-state index in [1.54, 1.807) is 0 Å². The number of anilines is 1. The molecule has 3 heterocycles. The van der Waals surface area contributed by atoms with Gasteiger partial charge in [-0.15, -0.1) is 10.2 Å². The lowest BCUT2D eigenvalue weighted by Crippen LogP contribution is -2.41. The van der Waals surface area contributed by atoms with Crippen LogP contribution in [0, 0.1) is 0 Å². The summed E-state index contributed by atoms with van der Waals surface area (Å²) in [5.41, 5.74) is 3.85. The van der Waals surface area contributed by atoms with Crippen molar-refractivity contribution >= 4 is 17.4 Å². The van der Waals surface area contributed by atoms with Gasteiger partial charge in [-0.1, -0.05) is 13.8 Å².